The highest BCUT2D eigenvalue weighted by atomic mass is 19.3. The fraction of sp³-hybridized carbons (Fsp3) is 0.500. The molecule has 2 atom stereocenters. The lowest BCUT2D eigenvalue weighted by molar-refractivity contribution is -0.133. The van der Waals surface area contributed by atoms with Crippen LogP contribution >= 0.6 is 0 Å². The average Bonchev–Trinajstić information content (AvgIpc) is 2.76. The van der Waals surface area contributed by atoms with E-state index in [1.54, 1.807) is 4.90 Å². The number of hydrogen-bond acceptors (Lipinski definition) is 5. The van der Waals surface area contributed by atoms with Gasteiger partial charge in [-0.05, 0) is 42.7 Å². The van der Waals surface area contributed by atoms with Gasteiger partial charge in [-0.1, -0.05) is 36.4 Å². The minimum absolute atomic E-state index is 0.135. The van der Waals surface area contributed by atoms with Gasteiger partial charge < -0.3 is 4.74 Å². The highest BCUT2D eigenvalue weighted by molar-refractivity contribution is 5.89. The molecule has 5 nitrogen and oxygen atoms in total. The second-order valence-corrected chi connectivity index (χ2v) is 9.57. The summed E-state index contributed by atoms with van der Waals surface area (Å²) < 4.78 is 30.8. The lowest BCUT2D eigenvalue weighted by Crippen LogP contribution is -2.55. The minimum atomic E-state index is -2.51. The van der Waals surface area contributed by atoms with E-state index in [1.165, 1.54) is 18.2 Å². The van der Waals surface area contributed by atoms with E-state index in [2.05, 4.69) is 47.9 Å². The molecule has 33 heavy (non-hydrogen) atoms. The Hall–Kier alpha value is -2.35. The number of rotatable bonds is 7. The van der Waals surface area contributed by atoms with Crippen molar-refractivity contribution in [2.24, 2.45) is 0 Å². The minimum Gasteiger partial charge on any atom is -0.465 e. The van der Waals surface area contributed by atoms with Crippen LogP contribution < -0.4 is 0 Å². The van der Waals surface area contributed by atoms with Crippen molar-refractivity contribution < 1.29 is 18.3 Å². The second kappa shape index (κ2) is 9.87. The van der Waals surface area contributed by atoms with Crippen molar-refractivity contribution in [1.82, 2.24) is 14.7 Å². The normalized spacial score (nSPS) is 23.8. The SMILES string of the molecule is COC(=O)c1ccc(CN2C[C@@H](C)N(Cc3ccc(CN4CC(F)(F)C4)cc3)[C@@H](C)C2)cc1. The number of piperazine rings is 1. The standard InChI is InChI=1S/C26H33F2N3O2/c1-19-12-29(14-22-8-10-24(11-9-22)25(32)33-3)13-20(2)31(19)16-23-6-4-21(5-7-23)15-30-17-26(27,28)18-30/h4-11,19-20H,12-18H2,1-3H3/t19-,20+. The Morgan fingerprint density at radius 3 is 1.79 bits per heavy atom. The summed E-state index contributed by atoms with van der Waals surface area (Å²) in [5.41, 5.74) is 4.09. The molecule has 0 spiro atoms. The average molecular weight is 458 g/mol. The Bertz CT molecular complexity index is 929. The van der Waals surface area contributed by atoms with Crippen LogP contribution in [0.1, 0.15) is 40.9 Å². The maximum absolute atomic E-state index is 13.0. The zero-order valence-electron chi connectivity index (χ0n) is 19.6. The van der Waals surface area contributed by atoms with E-state index < -0.39 is 5.92 Å². The van der Waals surface area contributed by atoms with Gasteiger partial charge in [0, 0.05) is 44.8 Å². The smallest absolute Gasteiger partial charge is 0.337 e. The summed E-state index contributed by atoms with van der Waals surface area (Å²) in [7, 11) is 1.39. The van der Waals surface area contributed by atoms with Crippen LogP contribution in [0, 0.1) is 0 Å². The summed E-state index contributed by atoms with van der Waals surface area (Å²) in [6.07, 6.45) is 0. The molecule has 0 N–H and O–H groups in total. The Balaban J connectivity index is 1.28. The van der Waals surface area contributed by atoms with Gasteiger partial charge >= 0.3 is 5.97 Å². The van der Waals surface area contributed by atoms with E-state index in [-0.39, 0.29) is 19.1 Å². The molecule has 0 saturated carbocycles. The first kappa shape index (κ1) is 23.8. The summed E-state index contributed by atoms with van der Waals surface area (Å²) in [4.78, 5) is 18.4. The van der Waals surface area contributed by atoms with E-state index >= 15 is 0 Å². The molecule has 7 heteroatoms. The molecular weight excluding hydrogens is 424 g/mol. The van der Waals surface area contributed by atoms with Gasteiger partial charge in [0.1, 0.15) is 0 Å². The molecule has 178 valence electrons. The van der Waals surface area contributed by atoms with E-state index in [4.69, 9.17) is 4.74 Å². The number of benzene rings is 2. The number of alkyl halides is 2. The fourth-order valence-electron chi connectivity index (χ4n) is 4.97. The van der Waals surface area contributed by atoms with Gasteiger partial charge in [0.05, 0.1) is 25.8 Å². The summed E-state index contributed by atoms with van der Waals surface area (Å²) in [5, 5.41) is 0. The first-order chi connectivity index (χ1) is 15.7. The van der Waals surface area contributed by atoms with Gasteiger partial charge in [0.15, 0.2) is 0 Å². The van der Waals surface area contributed by atoms with Crippen molar-refractivity contribution in [3.05, 3.63) is 70.8 Å². The third-order valence-corrected chi connectivity index (χ3v) is 6.66. The summed E-state index contributed by atoms with van der Waals surface area (Å²) >= 11 is 0. The number of esters is 1. The third kappa shape index (κ3) is 5.96. The summed E-state index contributed by atoms with van der Waals surface area (Å²) in [6.45, 7) is 8.53. The zero-order chi connectivity index (χ0) is 23.6. The summed E-state index contributed by atoms with van der Waals surface area (Å²) in [6, 6.07) is 16.8. The third-order valence-electron chi connectivity index (χ3n) is 6.66. The van der Waals surface area contributed by atoms with Crippen molar-refractivity contribution in [2.75, 3.05) is 33.3 Å². The number of halogens is 2. The zero-order valence-corrected chi connectivity index (χ0v) is 19.6. The highest BCUT2D eigenvalue weighted by Gasteiger charge is 2.43. The van der Waals surface area contributed by atoms with Crippen molar-refractivity contribution in [3.63, 3.8) is 0 Å². The largest absolute Gasteiger partial charge is 0.465 e. The molecule has 2 aliphatic heterocycles. The van der Waals surface area contributed by atoms with E-state index in [9.17, 15) is 13.6 Å². The summed E-state index contributed by atoms with van der Waals surface area (Å²) in [5.74, 6) is -2.83. The quantitative estimate of drug-likeness (QED) is 0.587. The molecule has 0 aromatic heterocycles. The van der Waals surface area contributed by atoms with Crippen LogP contribution in [0.4, 0.5) is 8.78 Å². The lowest BCUT2D eigenvalue weighted by atomic mass is 10.0. The van der Waals surface area contributed by atoms with Crippen molar-refractivity contribution in [2.45, 2.75) is 51.5 Å². The molecule has 2 aliphatic rings. The number of carbonyl (C=O) groups excluding carboxylic acids is 1. The first-order valence-electron chi connectivity index (χ1n) is 11.6. The predicted molar refractivity (Wildman–Crippen MR) is 124 cm³/mol. The molecule has 0 aliphatic carbocycles. The number of nitrogens with zero attached hydrogens (tertiary/aromatic N) is 3. The molecule has 0 amide bonds. The van der Waals surface area contributed by atoms with E-state index in [0.717, 1.165) is 31.7 Å². The second-order valence-electron chi connectivity index (χ2n) is 9.57. The Kier molecular flexibility index (Phi) is 7.12. The molecule has 4 rings (SSSR count). The van der Waals surface area contributed by atoms with Crippen LogP contribution in [0.5, 0.6) is 0 Å². The van der Waals surface area contributed by atoms with Crippen LogP contribution in [0.2, 0.25) is 0 Å². The van der Waals surface area contributed by atoms with Crippen LogP contribution in [0.15, 0.2) is 48.5 Å². The molecule has 2 fully saturated rings. The maximum Gasteiger partial charge on any atom is 0.337 e. The Morgan fingerprint density at radius 2 is 1.30 bits per heavy atom. The van der Waals surface area contributed by atoms with Gasteiger partial charge in [0.25, 0.3) is 5.92 Å². The van der Waals surface area contributed by atoms with Gasteiger partial charge in [-0.2, -0.15) is 0 Å². The molecule has 0 bridgehead atoms. The van der Waals surface area contributed by atoms with Crippen LogP contribution in [-0.4, -0.2) is 72.0 Å². The number of carbonyl (C=O) groups is 1. The molecule has 2 heterocycles. The number of likely N-dealkylation sites (tertiary alicyclic amines) is 1. The van der Waals surface area contributed by atoms with Gasteiger partial charge in [-0.15, -0.1) is 0 Å². The highest BCUT2D eigenvalue weighted by Crippen LogP contribution is 2.28. The van der Waals surface area contributed by atoms with Crippen molar-refractivity contribution in [3.8, 4) is 0 Å². The molecule has 2 aromatic carbocycles. The monoisotopic (exact) mass is 457 g/mol. The van der Waals surface area contributed by atoms with E-state index in [1.807, 2.05) is 24.3 Å². The van der Waals surface area contributed by atoms with Crippen molar-refractivity contribution in [1.29, 1.82) is 0 Å². The van der Waals surface area contributed by atoms with Crippen LogP contribution in [-0.2, 0) is 24.4 Å². The Labute approximate surface area is 194 Å². The molecular formula is C26H33F2N3O2. The van der Waals surface area contributed by atoms with Crippen LogP contribution in [0.3, 0.4) is 0 Å². The fourth-order valence-corrected chi connectivity index (χ4v) is 4.97. The maximum atomic E-state index is 13.0. The van der Waals surface area contributed by atoms with Gasteiger partial charge in [-0.3, -0.25) is 14.7 Å². The van der Waals surface area contributed by atoms with Gasteiger partial charge in [-0.25, -0.2) is 13.6 Å². The molecule has 0 radical (unpaired) electrons. The van der Waals surface area contributed by atoms with Crippen molar-refractivity contribution >= 4 is 5.97 Å². The Morgan fingerprint density at radius 1 is 0.848 bits per heavy atom. The lowest BCUT2D eigenvalue weighted by Gasteiger charge is -2.44. The number of ether oxygens (including phenoxy) is 1. The number of methoxy groups -OCH3 is 1. The van der Waals surface area contributed by atoms with Gasteiger partial charge in [0.2, 0.25) is 0 Å². The predicted octanol–water partition coefficient (Wildman–Crippen LogP) is 4.02. The topological polar surface area (TPSA) is 36.0 Å². The molecule has 0 unspecified atom stereocenters. The first-order valence-corrected chi connectivity index (χ1v) is 11.6. The van der Waals surface area contributed by atoms with Crippen LogP contribution in [0.25, 0.3) is 0 Å². The van der Waals surface area contributed by atoms with E-state index in [0.29, 0.717) is 24.2 Å². The molecule has 2 aromatic rings. The number of hydrogen-bond donors (Lipinski definition) is 0. The molecule has 2 saturated heterocycles.